The van der Waals surface area contributed by atoms with Crippen LogP contribution in [0, 0.1) is 0 Å². The molecule has 0 spiro atoms. The van der Waals surface area contributed by atoms with Gasteiger partial charge < -0.3 is 10.2 Å². The third-order valence-corrected chi connectivity index (χ3v) is 3.74. The Morgan fingerprint density at radius 3 is 2.71 bits per heavy atom. The van der Waals surface area contributed by atoms with E-state index in [0.29, 0.717) is 30.5 Å². The molecule has 0 bridgehead atoms. The Labute approximate surface area is 140 Å². The molecule has 128 valence electrons. The van der Waals surface area contributed by atoms with Crippen LogP contribution in [0.1, 0.15) is 20.3 Å². The molecule has 7 nitrogen and oxygen atoms in total. The minimum Gasteiger partial charge on any atom is -0.355 e. The van der Waals surface area contributed by atoms with Crippen molar-refractivity contribution in [3.63, 3.8) is 0 Å². The Bertz CT molecular complexity index is 785. The zero-order valence-corrected chi connectivity index (χ0v) is 14.0. The maximum atomic E-state index is 12.3. The van der Waals surface area contributed by atoms with Gasteiger partial charge in [0.2, 0.25) is 17.2 Å². The largest absolute Gasteiger partial charge is 0.355 e. The highest BCUT2D eigenvalue weighted by molar-refractivity contribution is 5.85. The van der Waals surface area contributed by atoms with Gasteiger partial charge in [0.15, 0.2) is 0 Å². The lowest BCUT2D eigenvalue weighted by Crippen LogP contribution is -2.40. The van der Waals surface area contributed by atoms with E-state index in [4.69, 9.17) is 0 Å². The lowest BCUT2D eigenvalue weighted by atomic mass is 10.2. The molecule has 1 N–H and O–H groups in total. The highest BCUT2D eigenvalue weighted by Gasteiger charge is 2.15. The maximum Gasteiger partial charge on any atom is 0.239 e. The molecule has 1 aromatic carbocycles. The molecule has 7 heteroatoms. The number of rotatable bonds is 7. The van der Waals surface area contributed by atoms with Crippen molar-refractivity contribution >= 4 is 22.7 Å². The van der Waals surface area contributed by atoms with E-state index >= 15 is 0 Å². The van der Waals surface area contributed by atoms with E-state index in [0.717, 1.165) is 0 Å². The lowest BCUT2D eigenvalue weighted by Gasteiger charge is -2.20. The number of hydrogen-bond donors (Lipinski definition) is 1. The van der Waals surface area contributed by atoms with Crippen molar-refractivity contribution < 1.29 is 9.59 Å². The van der Waals surface area contributed by atoms with Gasteiger partial charge in [-0.05, 0) is 26.0 Å². The number of carbonyl (C=O) groups is 2. The van der Waals surface area contributed by atoms with Gasteiger partial charge in [0.05, 0.1) is 24.8 Å². The van der Waals surface area contributed by atoms with Crippen molar-refractivity contribution in [2.75, 3.05) is 19.6 Å². The van der Waals surface area contributed by atoms with Gasteiger partial charge in [0.1, 0.15) is 0 Å². The summed E-state index contributed by atoms with van der Waals surface area (Å²) in [4.78, 5) is 37.3. The van der Waals surface area contributed by atoms with E-state index in [1.54, 1.807) is 22.9 Å². The summed E-state index contributed by atoms with van der Waals surface area (Å²) < 4.78 is 1.65. The van der Waals surface area contributed by atoms with E-state index in [9.17, 15) is 14.4 Å². The van der Waals surface area contributed by atoms with Gasteiger partial charge in [-0.15, -0.1) is 0 Å². The Hall–Kier alpha value is -2.70. The van der Waals surface area contributed by atoms with Crippen molar-refractivity contribution in [1.29, 1.82) is 0 Å². The van der Waals surface area contributed by atoms with Gasteiger partial charge >= 0.3 is 0 Å². The second-order valence-electron chi connectivity index (χ2n) is 5.36. The lowest BCUT2D eigenvalue weighted by molar-refractivity contribution is -0.136. The third-order valence-electron chi connectivity index (χ3n) is 3.74. The number of aromatic nitrogens is 2. The van der Waals surface area contributed by atoms with Crippen LogP contribution in [0.3, 0.4) is 0 Å². The number of para-hydroxylation sites is 1. The molecular formula is C17H22N4O3. The molecule has 0 radical (unpaired) electrons. The van der Waals surface area contributed by atoms with Crippen LogP contribution in [0.4, 0.5) is 0 Å². The van der Waals surface area contributed by atoms with Gasteiger partial charge in [0, 0.05) is 24.9 Å². The van der Waals surface area contributed by atoms with Crippen LogP contribution >= 0.6 is 0 Å². The standard InChI is InChI=1S/C17H22N4O3/c1-3-18-16(23)12-20(4-2)17(24)9-10-21-14-8-6-5-7-13(14)15(22)11-19-21/h5-8,11H,3-4,9-10,12H2,1-2H3,(H,18,23). The molecule has 2 amide bonds. The predicted molar refractivity (Wildman–Crippen MR) is 91.6 cm³/mol. The first-order chi connectivity index (χ1) is 11.6. The molecule has 0 aliphatic heterocycles. The second kappa shape index (κ2) is 8.24. The normalized spacial score (nSPS) is 10.6. The number of carbonyl (C=O) groups excluding carboxylic acids is 2. The summed E-state index contributed by atoms with van der Waals surface area (Å²) in [6.07, 6.45) is 1.48. The smallest absolute Gasteiger partial charge is 0.239 e. The zero-order chi connectivity index (χ0) is 17.5. The van der Waals surface area contributed by atoms with Gasteiger partial charge in [-0.1, -0.05) is 12.1 Å². The highest BCUT2D eigenvalue weighted by Crippen LogP contribution is 2.09. The molecule has 1 aromatic heterocycles. The first-order valence-corrected chi connectivity index (χ1v) is 8.06. The number of likely N-dealkylation sites (N-methyl/N-ethyl adjacent to an activating group) is 2. The van der Waals surface area contributed by atoms with Crippen molar-refractivity contribution in [2.24, 2.45) is 0 Å². The number of amides is 2. The Morgan fingerprint density at radius 2 is 2.00 bits per heavy atom. The first-order valence-electron chi connectivity index (χ1n) is 8.06. The Kier molecular flexibility index (Phi) is 6.06. The number of nitrogens with zero attached hydrogens (tertiary/aromatic N) is 3. The molecule has 0 aliphatic rings. The summed E-state index contributed by atoms with van der Waals surface area (Å²) >= 11 is 0. The van der Waals surface area contributed by atoms with Crippen LogP contribution in [-0.2, 0) is 16.1 Å². The summed E-state index contributed by atoms with van der Waals surface area (Å²) in [6, 6.07) is 7.17. The minimum atomic E-state index is -0.167. The van der Waals surface area contributed by atoms with Crippen molar-refractivity contribution in [3.05, 3.63) is 40.7 Å². The summed E-state index contributed by atoms with van der Waals surface area (Å²) in [5, 5.41) is 7.37. The van der Waals surface area contributed by atoms with Gasteiger partial charge in [-0.2, -0.15) is 5.10 Å². The third kappa shape index (κ3) is 4.18. The van der Waals surface area contributed by atoms with Crippen LogP contribution in [0.5, 0.6) is 0 Å². The predicted octanol–water partition coefficient (Wildman–Crippen LogP) is 0.771. The van der Waals surface area contributed by atoms with E-state index in [1.165, 1.54) is 11.1 Å². The fourth-order valence-corrected chi connectivity index (χ4v) is 2.50. The number of hydrogen-bond acceptors (Lipinski definition) is 4. The van der Waals surface area contributed by atoms with Crippen LogP contribution < -0.4 is 10.7 Å². The van der Waals surface area contributed by atoms with Crippen molar-refractivity contribution in [3.8, 4) is 0 Å². The summed E-state index contributed by atoms with van der Waals surface area (Å²) in [5.41, 5.74) is 0.559. The molecule has 2 aromatic rings. The van der Waals surface area contributed by atoms with E-state index in [-0.39, 0.29) is 30.2 Å². The zero-order valence-electron chi connectivity index (χ0n) is 14.0. The first kappa shape index (κ1) is 17.7. The number of fused-ring (bicyclic) bond motifs is 1. The SMILES string of the molecule is CCNC(=O)CN(CC)C(=O)CCn1ncc(=O)c2ccccc21. The minimum absolute atomic E-state index is 0.0571. The monoisotopic (exact) mass is 330 g/mol. The van der Waals surface area contributed by atoms with Crippen molar-refractivity contribution in [1.82, 2.24) is 20.0 Å². The molecular weight excluding hydrogens is 308 g/mol. The summed E-state index contributed by atoms with van der Waals surface area (Å²) in [6.45, 7) is 5.09. The Morgan fingerprint density at radius 1 is 1.25 bits per heavy atom. The Balaban J connectivity index is 2.07. The summed E-state index contributed by atoms with van der Waals surface area (Å²) in [5.74, 6) is -0.284. The molecule has 2 rings (SSSR count). The van der Waals surface area contributed by atoms with Crippen LogP contribution in [-0.4, -0.2) is 46.1 Å². The quantitative estimate of drug-likeness (QED) is 0.813. The number of nitrogens with one attached hydrogen (secondary N) is 1. The maximum absolute atomic E-state index is 12.3. The van der Waals surface area contributed by atoms with E-state index in [1.807, 2.05) is 19.9 Å². The number of aryl methyl sites for hydroxylation is 1. The second-order valence-corrected chi connectivity index (χ2v) is 5.36. The average molecular weight is 330 g/mol. The van der Waals surface area contributed by atoms with Crippen LogP contribution in [0.2, 0.25) is 0 Å². The highest BCUT2D eigenvalue weighted by atomic mass is 16.2. The molecule has 0 saturated heterocycles. The topological polar surface area (TPSA) is 84.3 Å². The fraction of sp³-hybridized carbons (Fsp3) is 0.412. The molecule has 0 aliphatic carbocycles. The summed E-state index contributed by atoms with van der Waals surface area (Å²) in [7, 11) is 0. The fourth-order valence-electron chi connectivity index (χ4n) is 2.50. The molecule has 0 fully saturated rings. The van der Waals surface area contributed by atoms with Crippen LogP contribution in [0.25, 0.3) is 10.9 Å². The van der Waals surface area contributed by atoms with Gasteiger partial charge in [-0.25, -0.2) is 0 Å². The molecule has 0 unspecified atom stereocenters. The van der Waals surface area contributed by atoms with Crippen LogP contribution in [0.15, 0.2) is 35.3 Å². The van der Waals surface area contributed by atoms with E-state index in [2.05, 4.69) is 10.4 Å². The van der Waals surface area contributed by atoms with E-state index < -0.39 is 0 Å². The van der Waals surface area contributed by atoms with Gasteiger partial charge in [-0.3, -0.25) is 19.1 Å². The van der Waals surface area contributed by atoms with Gasteiger partial charge in [0.25, 0.3) is 0 Å². The average Bonchev–Trinajstić information content (AvgIpc) is 2.59. The number of benzene rings is 1. The molecule has 24 heavy (non-hydrogen) atoms. The molecule has 0 saturated carbocycles. The van der Waals surface area contributed by atoms with Crippen molar-refractivity contribution in [2.45, 2.75) is 26.8 Å². The molecule has 1 heterocycles. The molecule has 0 atom stereocenters.